The molecule has 4 rings (SSSR count). The van der Waals surface area contributed by atoms with Gasteiger partial charge in [0.15, 0.2) is 0 Å². The molecular weight excluding hydrogens is 473 g/mol. The number of hydrogen-bond donors (Lipinski definition) is 2. The lowest BCUT2D eigenvalue weighted by Gasteiger charge is -2.23. The highest BCUT2D eigenvalue weighted by molar-refractivity contribution is 9.10. The van der Waals surface area contributed by atoms with Gasteiger partial charge in [-0.3, -0.25) is 9.52 Å². The van der Waals surface area contributed by atoms with Crippen LogP contribution in [-0.2, 0) is 23.0 Å². The molecule has 1 aliphatic carbocycles. The van der Waals surface area contributed by atoms with Crippen LogP contribution in [0, 0.1) is 12.7 Å². The zero-order chi connectivity index (χ0) is 21.7. The second-order valence-electron chi connectivity index (χ2n) is 7.91. The second kappa shape index (κ2) is 7.53. The summed E-state index contributed by atoms with van der Waals surface area (Å²) in [6.45, 7) is 5.85. The number of benzene rings is 1. The van der Waals surface area contributed by atoms with Gasteiger partial charge in [0.05, 0.1) is 21.8 Å². The molecule has 160 valence electrons. The summed E-state index contributed by atoms with van der Waals surface area (Å²) in [5, 5.41) is 2.98. The van der Waals surface area contributed by atoms with Crippen LogP contribution in [0.3, 0.4) is 0 Å². The van der Waals surface area contributed by atoms with Gasteiger partial charge >= 0.3 is 0 Å². The van der Waals surface area contributed by atoms with Crippen molar-refractivity contribution in [1.82, 2.24) is 4.57 Å². The molecule has 0 amide bonds. The Bertz CT molecular complexity index is 1200. The lowest BCUT2D eigenvalue weighted by Crippen LogP contribution is -2.32. The van der Waals surface area contributed by atoms with Crippen LogP contribution in [0.25, 0.3) is 0 Å². The Morgan fingerprint density at radius 2 is 2.07 bits per heavy atom. The summed E-state index contributed by atoms with van der Waals surface area (Å²) in [5.74, 6) is -0.511. The summed E-state index contributed by atoms with van der Waals surface area (Å²) in [6.07, 6.45) is 4.42. The van der Waals surface area contributed by atoms with E-state index in [2.05, 4.69) is 32.5 Å². The molecule has 1 aromatic carbocycles. The predicted octanol–water partition coefficient (Wildman–Crippen LogP) is 4.60. The first kappa shape index (κ1) is 21.1. The molecule has 1 saturated carbocycles. The molecular formula is C21H23BrFN3O3S. The first-order valence-electron chi connectivity index (χ1n) is 9.81. The van der Waals surface area contributed by atoms with Crippen LogP contribution in [-0.4, -0.2) is 17.7 Å². The highest BCUT2D eigenvalue weighted by atomic mass is 79.9. The number of sulfonamides is 1. The molecule has 0 bridgehead atoms. The van der Waals surface area contributed by atoms with Crippen molar-refractivity contribution in [2.45, 2.75) is 50.3 Å². The first-order chi connectivity index (χ1) is 14.2. The fraction of sp³-hybridized carbons (Fsp3) is 0.381. The minimum Gasteiger partial charge on any atom is -0.351 e. The minimum atomic E-state index is -3.72. The number of aromatic nitrogens is 1. The van der Waals surface area contributed by atoms with E-state index in [-0.39, 0.29) is 11.2 Å². The monoisotopic (exact) mass is 495 g/mol. The first-order valence-corrected chi connectivity index (χ1v) is 12.1. The fourth-order valence-electron chi connectivity index (χ4n) is 4.02. The van der Waals surface area contributed by atoms with Gasteiger partial charge in [0, 0.05) is 22.3 Å². The number of pyridine rings is 1. The molecule has 2 aromatic rings. The molecule has 0 saturated heterocycles. The van der Waals surface area contributed by atoms with Crippen molar-refractivity contribution < 1.29 is 12.8 Å². The molecule has 30 heavy (non-hydrogen) atoms. The maximum atomic E-state index is 14.5. The van der Waals surface area contributed by atoms with Crippen molar-refractivity contribution in [1.29, 1.82) is 0 Å². The Morgan fingerprint density at radius 1 is 1.33 bits per heavy atom. The number of fused-ring (bicyclic) bond motifs is 1. The SMILES string of the molecule is C=CCC1(S(=O)(=O)Nc2c(Nc3ccc(Br)cc3F)c(C)c(=O)n3c2CCC3)CC1. The predicted molar refractivity (Wildman–Crippen MR) is 120 cm³/mol. The zero-order valence-electron chi connectivity index (χ0n) is 16.6. The van der Waals surface area contributed by atoms with E-state index in [0.717, 1.165) is 6.42 Å². The molecule has 0 unspecified atom stereocenters. The molecule has 0 spiro atoms. The summed E-state index contributed by atoms with van der Waals surface area (Å²) >= 11 is 3.23. The van der Waals surface area contributed by atoms with Gasteiger partial charge in [-0.1, -0.05) is 22.0 Å². The number of nitrogens with one attached hydrogen (secondary N) is 2. The largest absolute Gasteiger partial charge is 0.351 e. The van der Waals surface area contributed by atoms with Crippen molar-refractivity contribution in [2.24, 2.45) is 0 Å². The molecule has 0 radical (unpaired) electrons. The fourth-order valence-corrected chi connectivity index (χ4v) is 6.03. The quantitative estimate of drug-likeness (QED) is 0.550. The third-order valence-electron chi connectivity index (χ3n) is 5.92. The van der Waals surface area contributed by atoms with Crippen LogP contribution >= 0.6 is 15.9 Å². The molecule has 2 heterocycles. The highest BCUT2D eigenvalue weighted by Crippen LogP contribution is 2.48. The molecule has 2 aliphatic rings. The number of allylic oxidation sites excluding steroid dienone is 1. The number of halogens is 2. The summed E-state index contributed by atoms with van der Waals surface area (Å²) in [6, 6.07) is 4.53. The molecule has 1 aliphatic heterocycles. The van der Waals surface area contributed by atoms with Crippen molar-refractivity contribution in [3.05, 3.63) is 62.8 Å². The van der Waals surface area contributed by atoms with Crippen molar-refractivity contribution in [3.63, 3.8) is 0 Å². The molecule has 6 nitrogen and oxygen atoms in total. The van der Waals surface area contributed by atoms with E-state index in [9.17, 15) is 17.6 Å². The second-order valence-corrected chi connectivity index (χ2v) is 10.9. The van der Waals surface area contributed by atoms with Crippen LogP contribution in [0.15, 0.2) is 40.1 Å². The summed E-state index contributed by atoms with van der Waals surface area (Å²) in [7, 11) is -3.72. The normalized spacial score (nSPS) is 16.8. The van der Waals surface area contributed by atoms with Gasteiger partial charge in [0.2, 0.25) is 10.0 Å². The maximum Gasteiger partial charge on any atom is 0.255 e. The molecule has 1 aromatic heterocycles. The number of anilines is 3. The van der Waals surface area contributed by atoms with Crippen molar-refractivity contribution in [2.75, 3.05) is 10.0 Å². The lowest BCUT2D eigenvalue weighted by molar-refractivity contribution is 0.582. The number of rotatable bonds is 7. The Balaban J connectivity index is 1.85. The molecule has 1 fully saturated rings. The minimum absolute atomic E-state index is 0.163. The standard InChI is InChI=1S/C21H23BrFN3O3S/c1-3-8-21(9-10-21)30(28,29)25-19-17-5-4-11-26(17)20(27)13(2)18(19)24-16-7-6-14(22)12-15(16)23/h3,6-7,12,24-25H,1,4-5,8-11H2,2H3. The van der Waals surface area contributed by atoms with Gasteiger partial charge in [-0.2, -0.15) is 0 Å². The summed E-state index contributed by atoms with van der Waals surface area (Å²) < 4.78 is 45.0. The summed E-state index contributed by atoms with van der Waals surface area (Å²) in [5.41, 5.74) is 1.57. The van der Waals surface area contributed by atoms with E-state index in [1.54, 1.807) is 29.7 Å². The highest BCUT2D eigenvalue weighted by Gasteiger charge is 2.54. The Hall–Kier alpha value is -2.13. The van der Waals surface area contributed by atoms with Crippen molar-refractivity contribution in [3.8, 4) is 0 Å². The van der Waals surface area contributed by atoms with Crippen LogP contribution in [0.5, 0.6) is 0 Å². The van der Waals surface area contributed by atoms with E-state index in [1.165, 1.54) is 6.07 Å². The lowest BCUT2D eigenvalue weighted by atomic mass is 10.1. The van der Waals surface area contributed by atoms with Crippen LogP contribution in [0.2, 0.25) is 0 Å². The van der Waals surface area contributed by atoms with E-state index in [0.29, 0.717) is 59.3 Å². The van der Waals surface area contributed by atoms with Gasteiger partial charge in [0.25, 0.3) is 5.56 Å². The zero-order valence-corrected chi connectivity index (χ0v) is 19.0. The molecule has 0 atom stereocenters. The Labute approximate surface area is 183 Å². The van der Waals surface area contributed by atoms with Gasteiger partial charge in [-0.15, -0.1) is 6.58 Å². The van der Waals surface area contributed by atoms with Gasteiger partial charge < -0.3 is 9.88 Å². The topological polar surface area (TPSA) is 80.2 Å². The van der Waals surface area contributed by atoms with E-state index in [1.807, 2.05) is 0 Å². The van der Waals surface area contributed by atoms with Gasteiger partial charge in [-0.05, 0) is 57.2 Å². The Morgan fingerprint density at radius 3 is 2.70 bits per heavy atom. The average Bonchev–Trinajstić information content (AvgIpc) is 3.32. The third kappa shape index (κ3) is 3.47. The van der Waals surface area contributed by atoms with E-state index >= 15 is 0 Å². The van der Waals surface area contributed by atoms with Crippen LogP contribution < -0.4 is 15.6 Å². The van der Waals surface area contributed by atoms with Gasteiger partial charge in [-0.25, -0.2) is 12.8 Å². The van der Waals surface area contributed by atoms with Crippen LogP contribution in [0.1, 0.15) is 36.9 Å². The van der Waals surface area contributed by atoms with Crippen LogP contribution in [0.4, 0.5) is 21.5 Å². The van der Waals surface area contributed by atoms with E-state index < -0.39 is 20.6 Å². The number of nitrogens with zero attached hydrogens (tertiary/aromatic N) is 1. The third-order valence-corrected chi connectivity index (χ3v) is 8.60. The van der Waals surface area contributed by atoms with E-state index in [4.69, 9.17) is 0 Å². The molecule has 2 N–H and O–H groups in total. The molecule has 9 heteroatoms. The van der Waals surface area contributed by atoms with Crippen molar-refractivity contribution >= 4 is 43.0 Å². The van der Waals surface area contributed by atoms with Gasteiger partial charge in [0.1, 0.15) is 5.82 Å². The Kier molecular flexibility index (Phi) is 5.30. The average molecular weight is 496 g/mol. The number of hydrogen-bond acceptors (Lipinski definition) is 4. The maximum absolute atomic E-state index is 14.5. The smallest absolute Gasteiger partial charge is 0.255 e. The summed E-state index contributed by atoms with van der Waals surface area (Å²) in [4.78, 5) is 12.9.